The van der Waals surface area contributed by atoms with Crippen molar-refractivity contribution in [3.8, 4) is 9.60 Å². The van der Waals surface area contributed by atoms with Crippen molar-refractivity contribution in [2.45, 2.75) is 9.36 Å². The number of hydrogen-bond donors (Lipinski definition) is 0. The molecular formula is C7H14InN. The molecule has 0 fully saturated rings. The molecule has 0 rings (SSSR count). The predicted molar refractivity (Wildman–Crippen MR) is 43.8 cm³/mol. The van der Waals surface area contributed by atoms with Crippen LogP contribution in [0.4, 0.5) is 0 Å². The summed E-state index contributed by atoms with van der Waals surface area (Å²) in [5, 5.41) is 0. The van der Waals surface area contributed by atoms with E-state index in [1.54, 1.807) is 0 Å². The molecule has 2 heteroatoms. The molecule has 0 aliphatic carbocycles. The van der Waals surface area contributed by atoms with E-state index in [-0.39, 0.29) is 0 Å². The number of hydrogen-bond acceptors (Lipinski definition) is 1. The maximum absolute atomic E-state index is 3.30. The summed E-state index contributed by atoms with van der Waals surface area (Å²) in [6.45, 7) is 0.926. The van der Waals surface area contributed by atoms with Crippen LogP contribution in [0.25, 0.3) is 0 Å². The molecule has 0 atom stereocenters. The standard InChI is InChI=1S/C5H8N.2CH3.In/c1-4-5-6(2)3;;;/h5H2,2-3H3;2*1H3;. The maximum atomic E-state index is 3.30. The van der Waals surface area contributed by atoms with Crippen molar-refractivity contribution in [2.75, 3.05) is 20.6 Å². The first-order chi connectivity index (χ1) is 4.13. The van der Waals surface area contributed by atoms with Crippen LogP contribution in [0.15, 0.2) is 0 Å². The van der Waals surface area contributed by atoms with Crippen LogP contribution < -0.4 is 0 Å². The topological polar surface area (TPSA) is 3.24 Å². The zero-order valence-corrected chi connectivity index (χ0v) is 10.0. The van der Waals surface area contributed by atoms with E-state index in [1.165, 1.54) is 0 Å². The summed E-state index contributed by atoms with van der Waals surface area (Å²) in [4.78, 5) is 2.10. The second-order valence-electron chi connectivity index (χ2n) is 2.71. The summed E-state index contributed by atoms with van der Waals surface area (Å²) in [7, 11) is 4.09. The van der Waals surface area contributed by atoms with Gasteiger partial charge in [0.1, 0.15) is 0 Å². The Morgan fingerprint density at radius 2 is 1.89 bits per heavy atom. The van der Waals surface area contributed by atoms with E-state index in [4.69, 9.17) is 0 Å². The van der Waals surface area contributed by atoms with E-state index in [1.807, 2.05) is 14.1 Å². The second-order valence-corrected chi connectivity index (χ2v) is 10.1. The Bertz CT molecular complexity index is 119. The Hall–Kier alpha value is 0.390. The molecule has 0 saturated carbocycles. The number of rotatable bonds is 1. The van der Waals surface area contributed by atoms with Crippen LogP contribution in [0.2, 0.25) is 9.36 Å². The summed E-state index contributed by atoms with van der Waals surface area (Å²) in [6.07, 6.45) is 0. The zero-order valence-electron chi connectivity index (χ0n) is 6.73. The molecule has 0 aliphatic heterocycles. The Balaban J connectivity index is 3.38. The van der Waals surface area contributed by atoms with E-state index in [2.05, 4.69) is 23.9 Å². The molecule has 9 heavy (non-hydrogen) atoms. The van der Waals surface area contributed by atoms with Crippen LogP contribution in [0.5, 0.6) is 0 Å². The Kier molecular flexibility index (Phi) is 5.42. The zero-order chi connectivity index (χ0) is 7.28. The minimum absolute atomic E-state index is 0.926. The van der Waals surface area contributed by atoms with Crippen LogP contribution in [0.3, 0.4) is 0 Å². The van der Waals surface area contributed by atoms with Gasteiger partial charge in [-0.25, -0.2) is 0 Å². The van der Waals surface area contributed by atoms with Crippen molar-refractivity contribution in [3.05, 3.63) is 0 Å². The van der Waals surface area contributed by atoms with Gasteiger partial charge in [-0.3, -0.25) is 0 Å². The molecule has 0 spiro atoms. The summed E-state index contributed by atoms with van der Waals surface area (Å²) in [5.74, 6) is 3.15. The van der Waals surface area contributed by atoms with Gasteiger partial charge in [-0.05, 0) is 0 Å². The van der Waals surface area contributed by atoms with Gasteiger partial charge in [0.15, 0.2) is 0 Å². The van der Waals surface area contributed by atoms with Crippen molar-refractivity contribution >= 4 is 21.4 Å². The van der Waals surface area contributed by atoms with Gasteiger partial charge in [0.2, 0.25) is 0 Å². The summed E-state index contributed by atoms with van der Waals surface area (Å²) in [5.41, 5.74) is 0. The van der Waals surface area contributed by atoms with Crippen molar-refractivity contribution < 1.29 is 0 Å². The first kappa shape index (κ1) is 9.39. The average molecular weight is 227 g/mol. The molecule has 0 heterocycles. The van der Waals surface area contributed by atoms with Gasteiger partial charge in [0, 0.05) is 0 Å². The van der Waals surface area contributed by atoms with E-state index in [0.29, 0.717) is 0 Å². The summed E-state index contributed by atoms with van der Waals surface area (Å²) >= 11 is -1.19. The first-order valence-corrected chi connectivity index (χ1v) is 11.5. The first-order valence-electron chi connectivity index (χ1n) is 3.26. The molecule has 0 aromatic carbocycles. The van der Waals surface area contributed by atoms with Crippen LogP contribution in [0, 0.1) is 9.60 Å². The third-order valence-electron chi connectivity index (χ3n) is 0.786. The van der Waals surface area contributed by atoms with Gasteiger partial charge in [-0.15, -0.1) is 0 Å². The van der Waals surface area contributed by atoms with Crippen molar-refractivity contribution in [3.63, 3.8) is 0 Å². The SMILES string of the molecule is CN(C)CC#[C][In]([CH3])[CH3]. The van der Waals surface area contributed by atoms with E-state index in [0.717, 1.165) is 6.54 Å². The molecule has 0 aromatic heterocycles. The Labute approximate surface area is 66.0 Å². The molecule has 0 bridgehead atoms. The summed E-state index contributed by atoms with van der Waals surface area (Å²) < 4.78 is 7.91. The van der Waals surface area contributed by atoms with Crippen LogP contribution in [-0.4, -0.2) is 47.0 Å². The molecular weight excluding hydrogens is 213 g/mol. The Morgan fingerprint density at radius 3 is 2.22 bits per heavy atom. The molecule has 1 nitrogen and oxygen atoms in total. The molecule has 0 aliphatic rings. The average Bonchev–Trinajstić information content (AvgIpc) is 1.63. The third kappa shape index (κ3) is 8.39. The molecule has 0 N–H and O–H groups in total. The monoisotopic (exact) mass is 227 g/mol. The van der Waals surface area contributed by atoms with Gasteiger partial charge >= 0.3 is 65.9 Å². The molecule has 0 saturated heterocycles. The quantitative estimate of drug-likeness (QED) is 0.600. The van der Waals surface area contributed by atoms with Crippen LogP contribution >= 0.6 is 0 Å². The summed E-state index contributed by atoms with van der Waals surface area (Å²) in [6, 6.07) is 0. The molecule has 0 radical (unpaired) electrons. The van der Waals surface area contributed by atoms with E-state index >= 15 is 0 Å². The van der Waals surface area contributed by atoms with Crippen molar-refractivity contribution in [1.82, 2.24) is 4.90 Å². The van der Waals surface area contributed by atoms with Crippen LogP contribution in [-0.2, 0) is 0 Å². The Morgan fingerprint density at radius 1 is 1.33 bits per heavy atom. The fourth-order valence-corrected chi connectivity index (χ4v) is 1.83. The van der Waals surface area contributed by atoms with E-state index in [9.17, 15) is 0 Å². The number of nitrogens with zero attached hydrogens (tertiary/aromatic N) is 1. The van der Waals surface area contributed by atoms with Crippen molar-refractivity contribution in [2.24, 2.45) is 0 Å². The molecule has 50 valence electrons. The van der Waals surface area contributed by atoms with Gasteiger partial charge in [0.05, 0.1) is 0 Å². The van der Waals surface area contributed by atoms with Gasteiger partial charge in [-0.2, -0.15) is 0 Å². The molecule has 0 aromatic rings. The molecule has 0 unspecified atom stereocenters. The minimum atomic E-state index is -1.19. The van der Waals surface area contributed by atoms with Gasteiger partial charge in [0.25, 0.3) is 0 Å². The molecule has 0 amide bonds. The fourth-order valence-electron chi connectivity index (χ4n) is 0.408. The second kappa shape index (κ2) is 5.20. The van der Waals surface area contributed by atoms with Gasteiger partial charge in [-0.1, -0.05) is 0 Å². The normalized spacial score (nSPS) is 8.56. The van der Waals surface area contributed by atoms with Crippen molar-refractivity contribution in [1.29, 1.82) is 0 Å². The third-order valence-corrected chi connectivity index (χ3v) is 3.02. The fraction of sp³-hybridized carbons (Fsp3) is 0.714. The van der Waals surface area contributed by atoms with E-state index < -0.39 is 21.4 Å². The van der Waals surface area contributed by atoms with Gasteiger partial charge < -0.3 is 0 Å². The predicted octanol–water partition coefficient (Wildman–Crippen LogP) is 0.845. The van der Waals surface area contributed by atoms with Crippen LogP contribution in [0.1, 0.15) is 0 Å².